The Hall–Kier alpha value is -1.32. The van der Waals surface area contributed by atoms with Gasteiger partial charge in [-0.1, -0.05) is 57.2 Å². The Balaban J connectivity index is 1.89. The molecule has 0 aliphatic rings. The Morgan fingerprint density at radius 1 is 1.09 bits per heavy atom. The monoisotopic (exact) mass is 375 g/mol. The van der Waals surface area contributed by atoms with Gasteiger partial charge in [-0.15, -0.1) is 0 Å². The molecule has 3 heteroatoms. The van der Waals surface area contributed by atoms with Crippen molar-refractivity contribution in [1.29, 1.82) is 0 Å². The lowest BCUT2D eigenvalue weighted by atomic mass is 9.86. The van der Waals surface area contributed by atoms with E-state index in [-0.39, 0.29) is 5.41 Å². The van der Waals surface area contributed by atoms with E-state index < -0.39 is 0 Å². The summed E-state index contributed by atoms with van der Waals surface area (Å²) in [4.78, 5) is 0. The van der Waals surface area contributed by atoms with Gasteiger partial charge in [-0.3, -0.25) is 0 Å². The van der Waals surface area contributed by atoms with Gasteiger partial charge in [0, 0.05) is 12.1 Å². The van der Waals surface area contributed by atoms with Gasteiger partial charge >= 0.3 is 0 Å². The molecular formula is C20H26BrNO. The highest BCUT2D eigenvalue weighted by Gasteiger charge is 2.17. The topological polar surface area (TPSA) is 32.3 Å². The molecular weight excluding hydrogens is 350 g/mol. The minimum Gasteiger partial charge on any atom is -0.506 e. The molecule has 2 rings (SSSR count). The molecule has 23 heavy (non-hydrogen) atoms. The van der Waals surface area contributed by atoms with Crippen LogP contribution in [0, 0.1) is 0 Å². The van der Waals surface area contributed by atoms with Crippen molar-refractivity contribution < 1.29 is 5.11 Å². The molecule has 0 fully saturated rings. The maximum absolute atomic E-state index is 10.2. The van der Waals surface area contributed by atoms with Gasteiger partial charge < -0.3 is 10.4 Å². The zero-order chi connectivity index (χ0) is 16.9. The summed E-state index contributed by atoms with van der Waals surface area (Å²) in [5.41, 5.74) is 3.61. The standard InChI is InChI=1S/C20H26BrNO/c1-20(2,3)17-12-16(19(23)18(21)13-17)14-22-11-7-10-15-8-5-4-6-9-15/h4-6,8-9,12-13,22-23H,7,10-11,14H2,1-3H3. The number of halogens is 1. The zero-order valence-corrected chi connectivity index (χ0v) is 15.8. The first-order chi connectivity index (χ1) is 10.9. The molecule has 0 atom stereocenters. The van der Waals surface area contributed by atoms with Crippen LogP contribution in [0.15, 0.2) is 46.9 Å². The van der Waals surface area contributed by atoms with Crippen molar-refractivity contribution in [3.8, 4) is 5.75 Å². The predicted octanol–water partition coefficient (Wildman–Crippen LogP) is 5.17. The smallest absolute Gasteiger partial charge is 0.134 e. The van der Waals surface area contributed by atoms with Crippen molar-refractivity contribution in [2.24, 2.45) is 0 Å². The van der Waals surface area contributed by atoms with Gasteiger partial charge in [-0.25, -0.2) is 0 Å². The highest BCUT2D eigenvalue weighted by molar-refractivity contribution is 9.10. The molecule has 0 aromatic heterocycles. The van der Waals surface area contributed by atoms with Crippen LogP contribution < -0.4 is 5.32 Å². The SMILES string of the molecule is CC(C)(C)c1cc(Br)c(O)c(CNCCCc2ccccc2)c1. The summed E-state index contributed by atoms with van der Waals surface area (Å²) < 4.78 is 0.769. The molecule has 0 aliphatic carbocycles. The minimum atomic E-state index is 0.0677. The molecule has 0 radical (unpaired) electrons. The van der Waals surface area contributed by atoms with E-state index in [4.69, 9.17) is 0 Å². The Morgan fingerprint density at radius 3 is 2.43 bits per heavy atom. The third-order valence-electron chi connectivity index (χ3n) is 3.99. The maximum Gasteiger partial charge on any atom is 0.134 e. The van der Waals surface area contributed by atoms with Gasteiger partial charge in [0.05, 0.1) is 4.47 Å². The van der Waals surface area contributed by atoms with E-state index in [0.717, 1.165) is 29.4 Å². The van der Waals surface area contributed by atoms with Crippen LogP contribution in [-0.2, 0) is 18.4 Å². The summed E-state index contributed by atoms with van der Waals surface area (Å²) in [5.74, 6) is 0.341. The number of rotatable bonds is 6. The van der Waals surface area contributed by atoms with Crippen molar-refractivity contribution in [3.63, 3.8) is 0 Å². The van der Waals surface area contributed by atoms with Crippen LogP contribution in [0.25, 0.3) is 0 Å². The lowest BCUT2D eigenvalue weighted by Gasteiger charge is -2.21. The second-order valence-corrected chi connectivity index (χ2v) is 7.84. The molecule has 2 nitrogen and oxygen atoms in total. The Bertz CT molecular complexity index is 632. The lowest BCUT2D eigenvalue weighted by molar-refractivity contribution is 0.459. The van der Waals surface area contributed by atoms with Crippen LogP contribution >= 0.6 is 15.9 Å². The van der Waals surface area contributed by atoms with E-state index in [1.807, 2.05) is 12.1 Å². The molecule has 0 saturated carbocycles. The molecule has 2 aromatic rings. The van der Waals surface area contributed by atoms with E-state index in [0.29, 0.717) is 12.3 Å². The summed E-state index contributed by atoms with van der Waals surface area (Å²) in [5, 5.41) is 13.7. The van der Waals surface area contributed by atoms with Crippen molar-refractivity contribution >= 4 is 15.9 Å². The van der Waals surface area contributed by atoms with Gasteiger partial charge in [0.25, 0.3) is 0 Å². The van der Waals surface area contributed by atoms with E-state index >= 15 is 0 Å². The lowest BCUT2D eigenvalue weighted by Crippen LogP contribution is -2.17. The number of phenols is 1. The largest absolute Gasteiger partial charge is 0.506 e. The average Bonchev–Trinajstić information content (AvgIpc) is 2.50. The summed E-state index contributed by atoms with van der Waals surface area (Å²) in [6.45, 7) is 8.17. The van der Waals surface area contributed by atoms with E-state index in [2.05, 4.69) is 72.3 Å². The van der Waals surface area contributed by atoms with Crippen molar-refractivity contribution in [1.82, 2.24) is 5.32 Å². The molecule has 0 amide bonds. The third-order valence-corrected chi connectivity index (χ3v) is 4.59. The number of nitrogens with one attached hydrogen (secondary N) is 1. The fourth-order valence-electron chi connectivity index (χ4n) is 2.51. The molecule has 0 saturated heterocycles. The first-order valence-corrected chi connectivity index (χ1v) is 8.94. The van der Waals surface area contributed by atoms with Crippen LogP contribution in [0.2, 0.25) is 0 Å². The number of phenolic OH excluding ortho intramolecular Hbond substituents is 1. The first-order valence-electron chi connectivity index (χ1n) is 8.14. The van der Waals surface area contributed by atoms with Crippen LogP contribution in [0.4, 0.5) is 0 Å². The van der Waals surface area contributed by atoms with Gasteiger partial charge in [0.1, 0.15) is 5.75 Å². The fourth-order valence-corrected chi connectivity index (χ4v) is 3.01. The average molecular weight is 376 g/mol. The number of benzene rings is 2. The number of hydrogen-bond donors (Lipinski definition) is 2. The Morgan fingerprint density at radius 2 is 1.78 bits per heavy atom. The maximum atomic E-state index is 10.2. The summed E-state index contributed by atoms with van der Waals surface area (Å²) >= 11 is 3.46. The molecule has 124 valence electrons. The van der Waals surface area contributed by atoms with Crippen LogP contribution in [-0.4, -0.2) is 11.7 Å². The van der Waals surface area contributed by atoms with Gasteiger partial charge in [-0.2, -0.15) is 0 Å². The van der Waals surface area contributed by atoms with Crippen molar-refractivity contribution in [3.05, 3.63) is 63.6 Å². The van der Waals surface area contributed by atoms with E-state index in [1.54, 1.807) is 0 Å². The van der Waals surface area contributed by atoms with Gasteiger partial charge in [-0.05, 0) is 57.9 Å². The fraction of sp³-hybridized carbons (Fsp3) is 0.400. The van der Waals surface area contributed by atoms with Crippen molar-refractivity contribution in [2.75, 3.05) is 6.54 Å². The molecule has 0 unspecified atom stereocenters. The van der Waals surface area contributed by atoms with Gasteiger partial charge in [0.2, 0.25) is 0 Å². The summed E-state index contributed by atoms with van der Waals surface area (Å²) in [6.07, 6.45) is 2.16. The van der Waals surface area contributed by atoms with Crippen LogP contribution in [0.3, 0.4) is 0 Å². The minimum absolute atomic E-state index is 0.0677. The number of aryl methyl sites for hydroxylation is 1. The van der Waals surface area contributed by atoms with E-state index in [9.17, 15) is 5.11 Å². The predicted molar refractivity (Wildman–Crippen MR) is 101 cm³/mol. The van der Waals surface area contributed by atoms with Crippen molar-refractivity contribution in [2.45, 2.75) is 45.6 Å². The Kier molecular flexibility index (Phi) is 6.25. The molecule has 0 bridgehead atoms. The normalized spacial score (nSPS) is 11.7. The summed E-state index contributed by atoms with van der Waals surface area (Å²) in [6, 6.07) is 14.6. The van der Waals surface area contributed by atoms with E-state index in [1.165, 1.54) is 11.1 Å². The third kappa shape index (κ3) is 5.36. The van der Waals surface area contributed by atoms with Crippen LogP contribution in [0.1, 0.15) is 43.9 Å². The Labute approximate surface area is 148 Å². The first kappa shape index (κ1) is 18.0. The number of aromatic hydroxyl groups is 1. The molecule has 2 aromatic carbocycles. The zero-order valence-electron chi connectivity index (χ0n) is 14.2. The summed E-state index contributed by atoms with van der Waals surface area (Å²) in [7, 11) is 0. The quantitative estimate of drug-likeness (QED) is 0.682. The highest BCUT2D eigenvalue weighted by Crippen LogP contribution is 2.34. The van der Waals surface area contributed by atoms with Crippen LogP contribution in [0.5, 0.6) is 5.75 Å². The highest BCUT2D eigenvalue weighted by atomic mass is 79.9. The second-order valence-electron chi connectivity index (χ2n) is 6.98. The molecule has 0 spiro atoms. The van der Waals surface area contributed by atoms with Gasteiger partial charge in [0.15, 0.2) is 0 Å². The molecule has 0 aliphatic heterocycles. The molecule has 2 N–H and O–H groups in total. The number of hydrogen-bond acceptors (Lipinski definition) is 2. The molecule has 0 heterocycles. The second kappa shape index (κ2) is 7.98.